The van der Waals surface area contributed by atoms with Crippen molar-refractivity contribution in [1.82, 2.24) is 0 Å². The van der Waals surface area contributed by atoms with Crippen molar-refractivity contribution in [3.63, 3.8) is 0 Å². The smallest absolute Gasteiger partial charge is 0.0736 e. The number of thioether (sulfide) groups is 2. The largest absolute Gasteiger partial charge is 0.394 e. The van der Waals surface area contributed by atoms with E-state index in [9.17, 15) is 0 Å². The molecule has 1 saturated heterocycles. The average molecular weight is 150 g/mol. The van der Waals surface area contributed by atoms with Crippen molar-refractivity contribution in [3.05, 3.63) is 0 Å². The molecule has 1 unspecified atom stereocenters. The highest BCUT2D eigenvalue weighted by Crippen LogP contribution is 2.36. The summed E-state index contributed by atoms with van der Waals surface area (Å²) in [5, 5.41) is 9.39. The molecule has 0 aromatic rings. The van der Waals surface area contributed by atoms with Crippen LogP contribution in [0.25, 0.3) is 0 Å². The van der Waals surface area contributed by atoms with Crippen LogP contribution < -0.4 is 0 Å². The predicted octanol–water partition coefficient (Wildman–Crippen LogP) is 1.17. The van der Waals surface area contributed by atoms with Crippen molar-refractivity contribution >= 4 is 23.5 Å². The fourth-order valence-corrected chi connectivity index (χ4v) is 3.54. The number of hydrogen-bond acceptors (Lipinski definition) is 3. The molecule has 1 heterocycles. The van der Waals surface area contributed by atoms with Crippen LogP contribution in [0.15, 0.2) is 0 Å². The molecule has 0 aromatic heterocycles. The quantitative estimate of drug-likeness (QED) is 0.606. The van der Waals surface area contributed by atoms with Gasteiger partial charge in [0.25, 0.3) is 0 Å². The molecule has 1 aliphatic rings. The number of aliphatic hydroxyl groups excluding tert-OH is 1. The molecule has 0 spiro atoms. The standard InChI is InChI=1S/C5H10OS2/c1-4-3-7-5(2-6)8-4/h4-6H,2-3H2,1H3/t4?,5-/m1/s1. The zero-order valence-electron chi connectivity index (χ0n) is 4.83. The minimum absolute atomic E-state index is 0.333. The third-order valence-electron chi connectivity index (χ3n) is 1.05. The molecule has 2 atom stereocenters. The van der Waals surface area contributed by atoms with Gasteiger partial charge in [-0.2, -0.15) is 0 Å². The summed E-state index contributed by atoms with van der Waals surface area (Å²) < 4.78 is 0.463. The molecule has 3 heteroatoms. The van der Waals surface area contributed by atoms with E-state index < -0.39 is 0 Å². The van der Waals surface area contributed by atoms with Crippen LogP contribution >= 0.6 is 23.5 Å². The Hall–Kier alpha value is 0.660. The highest BCUT2D eigenvalue weighted by molar-refractivity contribution is 8.20. The van der Waals surface area contributed by atoms with Gasteiger partial charge in [-0.1, -0.05) is 6.92 Å². The van der Waals surface area contributed by atoms with Crippen LogP contribution in [0.1, 0.15) is 6.92 Å². The van der Waals surface area contributed by atoms with E-state index in [4.69, 9.17) is 5.11 Å². The second-order valence-electron chi connectivity index (χ2n) is 1.89. The molecule has 0 saturated carbocycles. The van der Waals surface area contributed by atoms with E-state index in [0.29, 0.717) is 11.2 Å². The van der Waals surface area contributed by atoms with Gasteiger partial charge in [-0.15, -0.1) is 23.5 Å². The molecule has 0 aliphatic carbocycles. The Morgan fingerprint density at radius 3 is 2.75 bits per heavy atom. The lowest BCUT2D eigenvalue weighted by molar-refractivity contribution is 0.316. The highest BCUT2D eigenvalue weighted by Gasteiger charge is 2.20. The van der Waals surface area contributed by atoms with Crippen molar-refractivity contribution in [2.75, 3.05) is 12.4 Å². The summed E-state index contributed by atoms with van der Waals surface area (Å²) in [4.78, 5) is 0. The zero-order valence-corrected chi connectivity index (χ0v) is 6.47. The Morgan fingerprint density at radius 2 is 2.50 bits per heavy atom. The molecule has 0 aromatic carbocycles. The Morgan fingerprint density at radius 1 is 1.75 bits per heavy atom. The molecule has 0 radical (unpaired) electrons. The van der Waals surface area contributed by atoms with Crippen LogP contribution in [-0.4, -0.2) is 27.3 Å². The lowest BCUT2D eigenvalue weighted by Crippen LogP contribution is -1.98. The van der Waals surface area contributed by atoms with Crippen molar-refractivity contribution < 1.29 is 5.11 Å². The third kappa shape index (κ3) is 1.57. The lowest BCUT2D eigenvalue weighted by Gasteiger charge is -2.00. The second-order valence-corrected chi connectivity index (χ2v) is 5.07. The Balaban J connectivity index is 2.22. The normalized spacial score (nSPS) is 38.2. The molecule has 48 valence electrons. The van der Waals surface area contributed by atoms with Gasteiger partial charge in [0.05, 0.1) is 11.2 Å². The van der Waals surface area contributed by atoms with Gasteiger partial charge in [0, 0.05) is 11.0 Å². The molecular formula is C5H10OS2. The summed E-state index contributed by atoms with van der Waals surface area (Å²) in [5.41, 5.74) is 0. The van der Waals surface area contributed by atoms with Gasteiger partial charge in [-0.25, -0.2) is 0 Å². The first-order valence-electron chi connectivity index (χ1n) is 2.71. The fraction of sp³-hybridized carbons (Fsp3) is 1.00. The Kier molecular flexibility index (Phi) is 2.53. The van der Waals surface area contributed by atoms with Crippen LogP contribution in [0.5, 0.6) is 0 Å². The molecule has 1 nitrogen and oxygen atoms in total. The molecule has 1 fully saturated rings. The van der Waals surface area contributed by atoms with E-state index in [1.54, 1.807) is 0 Å². The van der Waals surface area contributed by atoms with E-state index in [0.717, 1.165) is 5.25 Å². The third-order valence-corrected chi connectivity index (χ3v) is 4.30. The molecular weight excluding hydrogens is 140 g/mol. The van der Waals surface area contributed by atoms with Crippen molar-refractivity contribution in [3.8, 4) is 0 Å². The van der Waals surface area contributed by atoms with Gasteiger partial charge in [0.2, 0.25) is 0 Å². The van der Waals surface area contributed by atoms with Crippen LogP contribution in [-0.2, 0) is 0 Å². The van der Waals surface area contributed by atoms with Gasteiger partial charge >= 0.3 is 0 Å². The monoisotopic (exact) mass is 150 g/mol. The first kappa shape index (κ1) is 6.78. The summed E-state index contributed by atoms with van der Waals surface area (Å²) in [7, 11) is 0. The van der Waals surface area contributed by atoms with E-state index in [1.165, 1.54) is 5.75 Å². The van der Waals surface area contributed by atoms with E-state index >= 15 is 0 Å². The molecule has 0 amide bonds. The van der Waals surface area contributed by atoms with E-state index in [-0.39, 0.29) is 0 Å². The first-order valence-corrected chi connectivity index (χ1v) is 4.70. The summed E-state index contributed by atoms with van der Waals surface area (Å²) >= 11 is 3.74. The molecule has 8 heavy (non-hydrogen) atoms. The maximum absolute atomic E-state index is 8.64. The average Bonchev–Trinajstić information content (AvgIpc) is 2.14. The second kappa shape index (κ2) is 2.99. The first-order chi connectivity index (χ1) is 3.83. The van der Waals surface area contributed by atoms with Crippen LogP contribution in [0.4, 0.5) is 0 Å². The van der Waals surface area contributed by atoms with Gasteiger partial charge < -0.3 is 5.11 Å². The maximum atomic E-state index is 8.64. The summed E-state index contributed by atoms with van der Waals surface area (Å²) in [6, 6.07) is 0. The fourth-order valence-electron chi connectivity index (χ4n) is 0.676. The van der Waals surface area contributed by atoms with E-state index in [2.05, 4.69) is 6.92 Å². The molecule has 1 N–H and O–H groups in total. The molecule has 1 aliphatic heterocycles. The van der Waals surface area contributed by atoms with Gasteiger partial charge in [-0.3, -0.25) is 0 Å². The molecule has 0 bridgehead atoms. The van der Waals surface area contributed by atoms with Crippen LogP contribution in [0, 0.1) is 0 Å². The number of rotatable bonds is 1. The summed E-state index contributed by atoms with van der Waals surface area (Å²) in [6.07, 6.45) is 0. The van der Waals surface area contributed by atoms with E-state index in [1.807, 2.05) is 23.5 Å². The topological polar surface area (TPSA) is 20.2 Å². The minimum atomic E-state index is 0.333. The SMILES string of the molecule is CC1CS[C@@H](CO)S1. The van der Waals surface area contributed by atoms with Crippen molar-refractivity contribution in [2.45, 2.75) is 16.8 Å². The summed E-state index contributed by atoms with van der Waals surface area (Å²) in [5.74, 6) is 1.20. The van der Waals surface area contributed by atoms with Gasteiger partial charge in [0.15, 0.2) is 0 Å². The van der Waals surface area contributed by atoms with Crippen molar-refractivity contribution in [1.29, 1.82) is 0 Å². The van der Waals surface area contributed by atoms with Gasteiger partial charge in [-0.05, 0) is 0 Å². The minimum Gasteiger partial charge on any atom is -0.394 e. The molecule has 1 rings (SSSR count). The van der Waals surface area contributed by atoms with Crippen LogP contribution in [0.2, 0.25) is 0 Å². The number of hydrogen-bond donors (Lipinski definition) is 1. The zero-order chi connectivity index (χ0) is 5.98. The lowest BCUT2D eigenvalue weighted by atomic mass is 10.6. The Bertz CT molecular complexity index is 76.8. The summed E-state index contributed by atoms with van der Waals surface area (Å²) in [6.45, 7) is 2.53. The van der Waals surface area contributed by atoms with Crippen LogP contribution in [0.3, 0.4) is 0 Å². The maximum Gasteiger partial charge on any atom is 0.0736 e. The highest BCUT2D eigenvalue weighted by atomic mass is 32.2. The Labute approximate surface area is 58.2 Å². The predicted molar refractivity (Wildman–Crippen MR) is 40.4 cm³/mol. The van der Waals surface area contributed by atoms with Gasteiger partial charge in [0.1, 0.15) is 0 Å². The van der Waals surface area contributed by atoms with Crippen molar-refractivity contribution in [2.24, 2.45) is 0 Å². The number of aliphatic hydroxyl groups is 1.